The molecule has 1 aliphatic carbocycles. The Kier molecular flexibility index (Phi) is 5.50. The molecule has 0 bridgehead atoms. The zero-order chi connectivity index (χ0) is 18.7. The summed E-state index contributed by atoms with van der Waals surface area (Å²) in [4.78, 5) is 22.1. The number of halogens is 3. The summed E-state index contributed by atoms with van der Waals surface area (Å²) >= 11 is 0. The van der Waals surface area contributed by atoms with E-state index in [0.29, 0.717) is 16.9 Å². The fraction of sp³-hybridized carbons (Fsp3) is 0.556. The summed E-state index contributed by atoms with van der Waals surface area (Å²) in [7, 11) is 1.46. The molecule has 1 saturated carbocycles. The number of carbonyl (C=O) groups excluding carboxylic acids is 1. The highest BCUT2D eigenvalue weighted by Crippen LogP contribution is 2.34. The second-order valence-electron chi connectivity index (χ2n) is 6.95. The largest absolute Gasteiger partial charge is 0.401 e. The molecule has 1 fully saturated rings. The maximum atomic E-state index is 12.8. The highest BCUT2D eigenvalue weighted by Gasteiger charge is 2.32. The minimum atomic E-state index is -4.26. The smallest absolute Gasteiger partial charge is 0.354 e. The average molecular weight is 368 g/mol. The van der Waals surface area contributed by atoms with Crippen LogP contribution in [0.2, 0.25) is 0 Å². The number of rotatable bonds is 6. The number of pyridine rings is 1. The standard InChI is InChI=1S/C18H23F3N4O/c1-24(11-18(19,20)21)12-25(14-5-3-2-4-6-14)16-13(10-26)9-23-17-15(16)7-8-22-17/h7-10,14H,2-6,11-12H2,1H3,(H,22,23). The van der Waals surface area contributed by atoms with Crippen molar-refractivity contribution in [3.63, 3.8) is 0 Å². The number of aldehydes is 1. The number of anilines is 1. The van der Waals surface area contributed by atoms with Crippen LogP contribution >= 0.6 is 0 Å². The van der Waals surface area contributed by atoms with Gasteiger partial charge in [-0.1, -0.05) is 19.3 Å². The van der Waals surface area contributed by atoms with Gasteiger partial charge in [0.15, 0.2) is 6.29 Å². The van der Waals surface area contributed by atoms with E-state index in [2.05, 4.69) is 9.97 Å². The fourth-order valence-corrected chi connectivity index (χ4v) is 3.79. The normalized spacial score (nSPS) is 16.3. The van der Waals surface area contributed by atoms with Crippen LogP contribution in [0, 0.1) is 0 Å². The molecule has 0 spiro atoms. The predicted molar refractivity (Wildman–Crippen MR) is 94.4 cm³/mol. The number of nitrogens with one attached hydrogen (secondary N) is 1. The van der Waals surface area contributed by atoms with Gasteiger partial charge in [0.1, 0.15) is 5.65 Å². The van der Waals surface area contributed by atoms with Gasteiger partial charge < -0.3 is 9.88 Å². The molecule has 0 atom stereocenters. The van der Waals surface area contributed by atoms with E-state index >= 15 is 0 Å². The number of hydrogen-bond donors (Lipinski definition) is 1. The van der Waals surface area contributed by atoms with Crippen LogP contribution in [0.25, 0.3) is 11.0 Å². The molecule has 0 amide bonds. The number of fused-ring (bicyclic) bond motifs is 1. The average Bonchev–Trinajstić information content (AvgIpc) is 3.07. The lowest BCUT2D eigenvalue weighted by Crippen LogP contribution is -2.46. The molecule has 0 saturated heterocycles. The predicted octanol–water partition coefficient (Wildman–Crippen LogP) is 3.97. The Labute approximate surface area is 150 Å². The van der Waals surface area contributed by atoms with Crippen molar-refractivity contribution in [1.82, 2.24) is 14.9 Å². The second kappa shape index (κ2) is 7.65. The molecule has 0 aliphatic heterocycles. The zero-order valence-corrected chi connectivity index (χ0v) is 14.7. The van der Waals surface area contributed by atoms with E-state index in [0.717, 1.165) is 43.8 Å². The number of nitrogens with zero attached hydrogens (tertiary/aromatic N) is 3. The van der Waals surface area contributed by atoms with E-state index in [1.54, 1.807) is 6.20 Å². The van der Waals surface area contributed by atoms with Gasteiger partial charge >= 0.3 is 6.18 Å². The summed E-state index contributed by atoms with van der Waals surface area (Å²) in [6, 6.07) is 1.93. The number of H-pyrrole nitrogens is 1. The topological polar surface area (TPSA) is 52.2 Å². The minimum absolute atomic E-state index is 0.106. The van der Waals surface area contributed by atoms with E-state index in [1.807, 2.05) is 11.0 Å². The van der Waals surface area contributed by atoms with Crippen molar-refractivity contribution < 1.29 is 18.0 Å². The van der Waals surface area contributed by atoms with Crippen molar-refractivity contribution in [2.24, 2.45) is 0 Å². The fourth-order valence-electron chi connectivity index (χ4n) is 3.79. The maximum absolute atomic E-state index is 12.8. The third-order valence-corrected chi connectivity index (χ3v) is 4.86. The van der Waals surface area contributed by atoms with Crippen LogP contribution in [0.5, 0.6) is 0 Å². The van der Waals surface area contributed by atoms with Gasteiger partial charge in [0.05, 0.1) is 24.5 Å². The van der Waals surface area contributed by atoms with E-state index in [-0.39, 0.29) is 12.7 Å². The molecule has 2 aromatic rings. The van der Waals surface area contributed by atoms with Crippen molar-refractivity contribution in [3.8, 4) is 0 Å². The summed E-state index contributed by atoms with van der Waals surface area (Å²) in [6.07, 6.45) is 4.73. The molecule has 1 aliphatic rings. The molecule has 5 nitrogen and oxygen atoms in total. The molecule has 1 N–H and O–H groups in total. The lowest BCUT2D eigenvalue weighted by molar-refractivity contribution is -0.143. The second-order valence-corrected chi connectivity index (χ2v) is 6.95. The van der Waals surface area contributed by atoms with Gasteiger partial charge in [-0.2, -0.15) is 13.2 Å². The van der Waals surface area contributed by atoms with Crippen molar-refractivity contribution >= 4 is 23.0 Å². The molecule has 0 unspecified atom stereocenters. The summed E-state index contributed by atoms with van der Waals surface area (Å²) in [6.45, 7) is -0.886. The molecule has 0 aromatic carbocycles. The number of aromatic nitrogens is 2. The monoisotopic (exact) mass is 368 g/mol. The lowest BCUT2D eigenvalue weighted by atomic mass is 9.93. The molecular weight excluding hydrogens is 345 g/mol. The third kappa shape index (κ3) is 4.17. The van der Waals surface area contributed by atoms with Gasteiger partial charge in [0.25, 0.3) is 0 Å². The molecule has 2 heterocycles. The van der Waals surface area contributed by atoms with Crippen LogP contribution in [-0.4, -0.2) is 53.6 Å². The summed E-state index contributed by atoms with van der Waals surface area (Å²) < 4.78 is 38.5. The van der Waals surface area contributed by atoms with Crippen LogP contribution in [0.3, 0.4) is 0 Å². The van der Waals surface area contributed by atoms with Crippen molar-refractivity contribution in [1.29, 1.82) is 0 Å². The first-order valence-electron chi connectivity index (χ1n) is 8.82. The quantitative estimate of drug-likeness (QED) is 0.619. The molecule has 0 radical (unpaired) electrons. The summed E-state index contributed by atoms with van der Waals surface area (Å²) in [5.74, 6) is 0. The Balaban J connectivity index is 2.00. The van der Waals surface area contributed by atoms with Gasteiger partial charge in [-0.05, 0) is 26.0 Å². The highest BCUT2D eigenvalue weighted by atomic mass is 19.4. The van der Waals surface area contributed by atoms with Gasteiger partial charge in [-0.3, -0.25) is 9.69 Å². The molecule has 3 rings (SSSR count). The summed E-state index contributed by atoms with van der Waals surface area (Å²) in [5.41, 5.74) is 1.71. The molecule has 8 heteroatoms. The summed E-state index contributed by atoms with van der Waals surface area (Å²) in [5, 5.41) is 0.764. The first-order valence-corrected chi connectivity index (χ1v) is 8.82. The third-order valence-electron chi connectivity index (χ3n) is 4.86. The Hall–Kier alpha value is -2.09. The van der Waals surface area contributed by atoms with Crippen LogP contribution in [0.1, 0.15) is 42.5 Å². The molecular formula is C18H23F3N4O. The van der Waals surface area contributed by atoms with Crippen molar-refractivity contribution in [3.05, 3.63) is 24.0 Å². The number of hydrogen-bond acceptors (Lipinski definition) is 4. The van der Waals surface area contributed by atoms with Gasteiger partial charge in [-0.15, -0.1) is 0 Å². The Morgan fingerprint density at radius 3 is 2.69 bits per heavy atom. The Bertz CT molecular complexity index is 752. The minimum Gasteiger partial charge on any atom is -0.354 e. The maximum Gasteiger partial charge on any atom is 0.401 e. The van der Waals surface area contributed by atoms with Gasteiger partial charge in [0, 0.05) is 23.8 Å². The van der Waals surface area contributed by atoms with E-state index in [4.69, 9.17) is 0 Å². The lowest BCUT2D eigenvalue weighted by Gasteiger charge is -2.39. The van der Waals surface area contributed by atoms with E-state index < -0.39 is 12.7 Å². The van der Waals surface area contributed by atoms with Crippen LogP contribution in [-0.2, 0) is 0 Å². The number of alkyl halides is 3. The Morgan fingerprint density at radius 1 is 1.31 bits per heavy atom. The van der Waals surface area contributed by atoms with Gasteiger partial charge in [0.2, 0.25) is 0 Å². The van der Waals surface area contributed by atoms with E-state index in [1.165, 1.54) is 18.1 Å². The molecule has 2 aromatic heterocycles. The zero-order valence-electron chi connectivity index (χ0n) is 14.7. The highest BCUT2D eigenvalue weighted by molar-refractivity contribution is 5.99. The van der Waals surface area contributed by atoms with Crippen LogP contribution in [0.15, 0.2) is 18.5 Å². The van der Waals surface area contributed by atoms with Crippen LogP contribution in [0.4, 0.5) is 18.9 Å². The van der Waals surface area contributed by atoms with Crippen molar-refractivity contribution in [2.45, 2.75) is 44.3 Å². The SMILES string of the molecule is CN(CN(c1c(C=O)cnc2[nH]ccc12)C1CCCCC1)CC(F)(F)F. The number of aromatic amines is 1. The van der Waals surface area contributed by atoms with Gasteiger partial charge in [-0.25, -0.2) is 4.98 Å². The van der Waals surface area contributed by atoms with Crippen LogP contribution < -0.4 is 4.90 Å². The first kappa shape index (κ1) is 18.7. The van der Waals surface area contributed by atoms with Crippen molar-refractivity contribution in [2.75, 3.05) is 25.2 Å². The first-order chi connectivity index (χ1) is 12.4. The molecule has 142 valence electrons. The molecule has 26 heavy (non-hydrogen) atoms. The van der Waals surface area contributed by atoms with E-state index in [9.17, 15) is 18.0 Å². The number of carbonyl (C=O) groups is 1. The Morgan fingerprint density at radius 2 is 2.04 bits per heavy atom.